The molecule has 3 heterocycles. The molecule has 0 bridgehead atoms. The second-order valence-corrected chi connectivity index (χ2v) is 7.08. The van der Waals surface area contributed by atoms with Crippen LogP contribution in [0.1, 0.15) is 31.4 Å². The topological polar surface area (TPSA) is 70.7 Å². The van der Waals surface area contributed by atoms with Crippen molar-refractivity contribution < 1.29 is 14.3 Å². The van der Waals surface area contributed by atoms with Crippen LogP contribution in [-0.2, 0) is 4.79 Å². The third-order valence-corrected chi connectivity index (χ3v) is 5.30. The summed E-state index contributed by atoms with van der Waals surface area (Å²) in [6.07, 6.45) is 1.47. The Kier molecular flexibility index (Phi) is 4.09. The Morgan fingerprint density at radius 1 is 1.40 bits per heavy atom. The van der Waals surface area contributed by atoms with Gasteiger partial charge in [-0.2, -0.15) is 11.3 Å². The second kappa shape index (κ2) is 6.40. The van der Waals surface area contributed by atoms with Gasteiger partial charge in [0.15, 0.2) is 6.10 Å². The molecular weight excluding hydrogens is 338 g/mol. The van der Waals surface area contributed by atoms with E-state index >= 15 is 0 Å². The maximum atomic E-state index is 12.7. The second-order valence-electron chi connectivity index (χ2n) is 6.30. The molecule has 0 saturated carbocycles. The lowest BCUT2D eigenvalue weighted by Crippen LogP contribution is -2.35. The molecular formula is C18H19N3O3S. The first-order valence-electron chi connectivity index (χ1n) is 8.33. The van der Waals surface area contributed by atoms with Gasteiger partial charge < -0.3 is 20.3 Å². The average Bonchev–Trinajstić information content (AvgIpc) is 3.27. The summed E-state index contributed by atoms with van der Waals surface area (Å²) in [5.41, 5.74) is 2.41. The number of ether oxygens (including phenoxy) is 1. The molecule has 7 heteroatoms. The largest absolute Gasteiger partial charge is 0.479 e. The number of benzene rings is 1. The fraction of sp³-hybridized carbons (Fsp3) is 0.333. The predicted molar refractivity (Wildman–Crippen MR) is 97.2 cm³/mol. The third-order valence-electron chi connectivity index (χ3n) is 4.60. The summed E-state index contributed by atoms with van der Waals surface area (Å²) in [6, 6.07) is 7.37. The fourth-order valence-electron chi connectivity index (χ4n) is 3.30. The number of carbonyl (C=O) groups excluding carboxylic acids is 2. The highest BCUT2D eigenvalue weighted by molar-refractivity contribution is 7.08. The van der Waals surface area contributed by atoms with Crippen LogP contribution in [0.4, 0.5) is 16.2 Å². The van der Waals surface area contributed by atoms with E-state index in [1.54, 1.807) is 36.5 Å². The molecule has 6 nitrogen and oxygen atoms in total. The van der Waals surface area contributed by atoms with Gasteiger partial charge in [0.1, 0.15) is 5.75 Å². The van der Waals surface area contributed by atoms with E-state index in [1.165, 1.54) is 5.56 Å². The van der Waals surface area contributed by atoms with Gasteiger partial charge in [-0.1, -0.05) is 0 Å². The molecule has 3 amide bonds. The molecule has 1 aromatic heterocycles. The van der Waals surface area contributed by atoms with Gasteiger partial charge >= 0.3 is 6.03 Å². The first-order chi connectivity index (χ1) is 12.1. The van der Waals surface area contributed by atoms with E-state index in [4.69, 9.17) is 4.74 Å². The van der Waals surface area contributed by atoms with E-state index in [0.717, 1.165) is 19.4 Å². The highest BCUT2D eigenvalue weighted by atomic mass is 32.1. The van der Waals surface area contributed by atoms with Crippen LogP contribution in [0.5, 0.6) is 5.75 Å². The van der Waals surface area contributed by atoms with Crippen molar-refractivity contribution in [2.45, 2.75) is 31.9 Å². The number of amides is 3. The number of fused-ring (bicyclic) bond motifs is 1. The van der Waals surface area contributed by atoms with Crippen LogP contribution in [0.25, 0.3) is 0 Å². The van der Waals surface area contributed by atoms with Crippen LogP contribution >= 0.6 is 11.3 Å². The number of thiophene rings is 1. The molecule has 4 rings (SSSR count). The minimum atomic E-state index is -0.510. The van der Waals surface area contributed by atoms with Crippen LogP contribution in [0.3, 0.4) is 0 Å². The van der Waals surface area contributed by atoms with Crippen LogP contribution < -0.4 is 15.4 Å². The van der Waals surface area contributed by atoms with Gasteiger partial charge in [0, 0.05) is 12.2 Å². The molecule has 1 fully saturated rings. The molecule has 0 aliphatic carbocycles. The number of anilines is 2. The molecule has 2 aromatic rings. The van der Waals surface area contributed by atoms with Crippen molar-refractivity contribution in [1.82, 2.24) is 4.90 Å². The number of urea groups is 1. The lowest BCUT2D eigenvalue weighted by atomic mass is 10.1. The Labute approximate surface area is 149 Å². The maximum absolute atomic E-state index is 12.7. The van der Waals surface area contributed by atoms with E-state index in [0.29, 0.717) is 17.1 Å². The Morgan fingerprint density at radius 2 is 2.28 bits per heavy atom. The lowest BCUT2D eigenvalue weighted by Gasteiger charge is -2.26. The number of likely N-dealkylation sites (tertiary alicyclic amines) is 1. The predicted octanol–water partition coefficient (Wildman–Crippen LogP) is 3.84. The van der Waals surface area contributed by atoms with Crippen LogP contribution in [0.2, 0.25) is 0 Å². The molecule has 0 spiro atoms. The molecule has 1 saturated heterocycles. The SMILES string of the molecule is C[C@H]1Oc2ccc(NC(=O)N3CCC[C@H]3c3ccsc3)cc2NC1=O. The first kappa shape index (κ1) is 16.0. The Hall–Kier alpha value is -2.54. The number of nitrogens with zero attached hydrogens (tertiary/aromatic N) is 1. The van der Waals surface area contributed by atoms with Crippen LogP contribution in [0.15, 0.2) is 35.0 Å². The van der Waals surface area contributed by atoms with Gasteiger partial charge in [0.25, 0.3) is 5.91 Å². The van der Waals surface area contributed by atoms with Crippen molar-refractivity contribution in [1.29, 1.82) is 0 Å². The zero-order valence-corrected chi connectivity index (χ0v) is 14.6. The van der Waals surface area contributed by atoms with E-state index < -0.39 is 6.10 Å². The van der Waals surface area contributed by atoms with Crippen molar-refractivity contribution in [3.63, 3.8) is 0 Å². The Bertz CT molecular complexity index is 806. The van der Waals surface area contributed by atoms with Gasteiger partial charge in [-0.3, -0.25) is 4.79 Å². The highest BCUT2D eigenvalue weighted by Gasteiger charge is 2.30. The standard InChI is InChI=1S/C18H19N3O3S/c1-11-17(22)20-14-9-13(4-5-16(14)24-11)19-18(23)21-7-2-3-15(21)12-6-8-25-10-12/h4-6,8-11,15H,2-3,7H2,1H3,(H,19,23)(H,20,22)/t11-,15+/m1/s1. The van der Waals surface area contributed by atoms with Gasteiger partial charge in [-0.05, 0) is 60.4 Å². The van der Waals surface area contributed by atoms with Crippen molar-refractivity contribution >= 4 is 34.6 Å². The molecule has 1 aromatic carbocycles. The van der Waals surface area contributed by atoms with E-state index in [2.05, 4.69) is 22.1 Å². The normalized spacial score (nSPS) is 22.1. The first-order valence-corrected chi connectivity index (χ1v) is 9.27. The number of hydrogen-bond acceptors (Lipinski definition) is 4. The lowest BCUT2D eigenvalue weighted by molar-refractivity contribution is -0.122. The Morgan fingerprint density at radius 3 is 3.08 bits per heavy atom. The molecule has 0 radical (unpaired) electrons. The minimum absolute atomic E-state index is 0.120. The van der Waals surface area contributed by atoms with Crippen molar-refractivity contribution in [2.75, 3.05) is 17.2 Å². The summed E-state index contributed by atoms with van der Waals surface area (Å²) in [7, 11) is 0. The molecule has 2 aliphatic heterocycles. The van der Waals surface area contributed by atoms with E-state index in [-0.39, 0.29) is 18.0 Å². The number of rotatable bonds is 2. The van der Waals surface area contributed by atoms with Gasteiger partial charge in [-0.25, -0.2) is 4.79 Å². The zero-order chi connectivity index (χ0) is 17.4. The van der Waals surface area contributed by atoms with Crippen molar-refractivity contribution in [2.24, 2.45) is 0 Å². The summed E-state index contributed by atoms with van der Waals surface area (Å²) >= 11 is 1.65. The zero-order valence-electron chi connectivity index (χ0n) is 13.8. The fourth-order valence-corrected chi connectivity index (χ4v) is 4.01. The van der Waals surface area contributed by atoms with Gasteiger partial charge in [0.05, 0.1) is 11.7 Å². The summed E-state index contributed by atoms with van der Waals surface area (Å²) in [5.74, 6) is 0.426. The number of hydrogen-bond donors (Lipinski definition) is 2. The molecule has 2 N–H and O–H groups in total. The molecule has 130 valence electrons. The summed E-state index contributed by atoms with van der Waals surface area (Å²) in [4.78, 5) is 26.3. The van der Waals surface area contributed by atoms with Crippen molar-refractivity contribution in [3.8, 4) is 5.75 Å². The van der Waals surface area contributed by atoms with E-state index in [9.17, 15) is 9.59 Å². The van der Waals surface area contributed by atoms with Crippen LogP contribution in [-0.4, -0.2) is 29.5 Å². The summed E-state index contributed by atoms with van der Waals surface area (Å²) in [6.45, 7) is 2.45. The quantitative estimate of drug-likeness (QED) is 0.858. The average molecular weight is 357 g/mol. The van der Waals surface area contributed by atoms with Gasteiger partial charge in [0.2, 0.25) is 0 Å². The molecule has 25 heavy (non-hydrogen) atoms. The third kappa shape index (κ3) is 3.07. The molecule has 0 unspecified atom stereocenters. The van der Waals surface area contributed by atoms with E-state index in [1.807, 2.05) is 10.3 Å². The van der Waals surface area contributed by atoms with Gasteiger partial charge in [-0.15, -0.1) is 0 Å². The molecule has 2 atom stereocenters. The monoisotopic (exact) mass is 357 g/mol. The highest BCUT2D eigenvalue weighted by Crippen LogP contribution is 2.35. The molecule has 2 aliphatic rings. The summed E-state index contributed by atoms with van der Waals surface area (Å²) in [5, 5.41) is 9.87. The number of nitrogens with one attached hydrogen (secondary N) is 2. The van der Waals surface area contributed by atoms with Crippen LogP contribution in [0, 0.1) is 0 Å². The number of carbonyl (C=O) groups is 2. The maximum Gasteiger partial charge on any atom is 0.322 e. The minimum Gasteiger partial charge on any atom is -0.479 e. The van der Waals surface area contributed by atoms with Crippen molar-refractivity contribution in [3.05, 3.63) is 40.6 Å². The summed E-state index contributed by atoms with van der Waals surface area (Å²) < 4.78 is 5.54. The smallest absolute Gasteiger partial charge is 0.322 e. The Balaban J connectivity index is 1.50.